The quantitative estimate of drug-likeness (QED) is 0.649. The topological polar surface area (TPSA) is 80.6 Å². The largest absolute Gasteiger partial charge is 0.467 e. The average molecular weight is 344 g/mol. The number of carbonyl (C=O) groups excluding carboxylic acids is 2. The molecule has 0 radical (unpaired) electrons. The molecule has 25 heavy (non-hydrogen) atoms. The van der Waals surface area contributed by atoms with Crippen LogP contribution >= 0.6 is 0 Å². The van der Waals surface area contributed by atoms with E-state index in [4.69, 9.17) is 9.15 Å². The fraction of sp³-hybridized carbons (Fsp3) is 0.368. The van der Waals surface area contributed by atoms with Crippen molar-refractivity contribution in [1.82, 2.24) is 10.6 Å². The molecule has 1 heterocycles. The Morgan fingerprint density at radius 1 is 1.16 bits per heavy atom. The summed E-state index contributed by atoms with van der Waals surface area (Å²) in [4.78, 5) is 23.9. The van der Waals surface area contributed by atoms with Gasteiger partial charge >= 0.3 is 0 Å². The van der Waals surface area contributed by atoms with Crippen LogP contribution in [-0.2, 0) is 16.1 Å². The van der Waals surface area contributed by atoms with Crippen LogP contribution in [0, 0.1) is 0 Å². The molecule has 6 heteroatoms. The van der Waals surface area contributed by atoms with E-state index in [2.05, 4.69) is 10.6 Å². The normalized spacial score (nSPS) is 11.7. The summed E-state index contributed by atoms with van der Waals surface area (Å²) in [5.74, 6) is 0.520. The molecular formula is C19H24N2O4. The van der Waals surface area contributed by atoms with Gasteiger partial charge in [-0.1, -0.05) is 18.2 Å². The van der Waals surface area contributed by atoms with Gasteiger partial charge in [-0.05, 0) is 37.6 Å². The number of hydrogen-bond acceptors (Lipinski definition) is 4. The molecule has 0 aliphatic rings. The van der Waals surface area contributed by atoms with E-state index < -0.39 is 0 Å². The van der Waals surface area contributed by atoms with Crippen molar-refractivity contribution in [1.29, 1.82) is 0 Å². The Bertz CT molecular complexity index is 641. The molecule has 0 fully saturated rings. The zero-order valence-corrected chi connectivity index (χ0v) is 14.4. The van der Waals surface area contributed by atoms with Gasteiger partial charge in [0.25, 0.3) is 5.91 Å². The van der Waals surface area contributed by atoms with Gasteiger partial charge < -0.3 is 19.8 Å². The number of furan rings is 1. The molecule has 0 spiro atoms. The van der Waals surface area contributed by atoms with Crippen LogP contribution in [0.4, 0.5) is 0 Å². The standard InChI is InChI=1S/C19H24N2O4/c1-15(21-19(23)16-7-3-2-4-8-16)13-18(22)20-10-6-11-24-14-17-9-5-12-25-17/h2-5,7-9,12,15H,6,10-11,13-14H2,1H3,(H,20,22)(H,21,23)/t15-/m0/s1. The summed E-state index contributed by atoms with van der Waals surface area (Å²) in [7, 11) is 0. The zero-order valence-electron chi connectivity index (χ0n) is 14.4. The summed E-state index contributed by atoms with van der Waals surface area (Å²) >= 11 is 0. The number of benzene rings is 1. The van der Waals surface area contributed by atoms with E-state index in [-0.39, 0.29) is 24.3 Å². The highest BCUT2D eigenvalue weighted by Gasteiger charge is 2.12. The smallest absolute Gasteiger partial charge is 0.251 e. The first-order valence-electron chi connectivity index (χ1n) is 8.38. The van der Waals surface area contributed by atoms with Crippen LogP contribution in [0.3, 0.4) is 0 Å². The summed E-state index contributed by atoms with van der Waals surface area (Å²) < 4.78 is 10.6. The monoisotopic (exact) mass is 344 g/mol. The minimum absolute atomic E-state index is 0.0908. The van der Waals surface area contributed by atoms with Crippen LogP contribution < -0.4 is 10.6 Å². The Morgan fingerprint density at radius 3 is 2.68 bits per heavy atom. The predicted octanol–water partition coefficient (Wildman–Crippen LogP) is 2.51. The highest BCUT2D eigenvalue weighted by Crippen LogP contribution is 2.02. The molecule has 0 bridgehead atoms. The Balaban J connectivity index is 1.54. The molecule has 0 saturated carbocycles. The van der Waals surface area contributed by atoms with Crippen LogP contribution in [-0.4, -0.2) is 31.0 Å². The summed E-state index contributed by atoms with van der Waals surface area (Å²) in [5.41, 5.74) is 0.587. The van der Waals surface area contributed by atoms with Crippen LogP contribution in [0.15, 0.2) is 53.1 Å². The summed E-state index contributed by atoms with van der Waals surface area (Å²) in [6.07, 6.45) is 2.57. The lowest BCUT2D eigenvalue weighted by Gasteiger charge is -2.14. The highest BCUT2D eigenvalue weighted by atomic mass is 16.5. The van der Waals surface area contributed by atoms with Crippen LogP contribution in [0.1, 0.15) is 35.9 Å². The number of hydrogen-bond donors (Lipinski definition) is 2. The van der Waals surface area contributed by atoms with E-state index in [0.717, 1.165) is 12.2 Å². The Morgan fingerprint density at radius 2 is 1.96 bits per heavy atom. The van der Waals surface area contributed by atoms with Gasteiger partial charge in [0.05, 0.1) is 6.26 Å². The SMILES string of the molecule is C[C@@H](CC(=O)NCCCOCc1ccco1)NC(=O)c1ccccc1. The van der Waals surface area contributed by atoms with Gasteiger partial charge in [-0.3, -0.25) is 9.59 Å². The average Bonchev–Trinajstić information content (AvgIpc) is 3.12. The van der Waals surface area contributed by atoms with Crippen molar-refractivity contribution in [3.8, 4) is 0 Å². The van der Waals surface area contributed by atoms with Crippen LogP contribution in [0.5, 0.6) is 0 Å². The third kappa shape index (κ3) is 7.22. The summed E-state index contributed by atoms with van der Waals surface area (Å²) in [5, 5.41) is 5.65. The van der Waals surface area contributed by atoms with E-state index in [1.54, 1.807) is 30.5 Å². The van der Waals surface area contributed by atoms with E-state index in [9.17, 15) is 9.59 Å². The Hall–Kier alpha value is -2.60. The number of ether oxygens (including phenoxy) is 1. The second-order valence-corrected chi connectivity index (χ2v) is 5.78. The zero-order chi connectivity index (χ0) is 17.9. The fourth-order valence-electron chi connectivity index (χ4n) is 2.27. The number of rotatable bonds is 10. The number of carbonyl (C=O) groups is 2. The third-order valence-electron chi connectivity index (χ3n) is 3.52. The fourth-order valence-corrected chi connectivity index (χ4v) is 2.27. The molecule has 2 rings (SSSR count). The molecule has 6 nitrogen and oxygen atoms in total. The third-order valence-corrected chi connectivity index (χ3v) is 3.52. The van der Waals surface area contributed by atoms with Crippen molar-refractivity contribution < 1.29 is 18.7 Å². The molecule has 0 aliphatic heterocycles. The lowest BCUT2D eigenvalue weighted by molar-refractivity contribution is -0.121. The van der Waals surface area contributed by atoms with Crippen molar-refractivity contribution in [2.45, 2.75) is 32.4 Å². The van der Waals surface area contributed by atoms with E-state index in [1.807, 2.05) is 25.1 Å². The second-order valence-electron chi connectivity index (χ2n) is 5.78. The lowest BCUT2D eigenvalue weighted by atomic mass is 10.1. The first-order valence-corrected chi connectivity index (χ1v) is 8.38. The van der Waals surface area contributed by atoms with Gasteiger partial charge in [-0.15, -0.1) is 0 Å². The van der Waals surface area contributed by atoms with Gasteiger partial charge in [0.1, 0.15) is 12.4 Å². The Labute approximate surface area is 147 Å². The van der Waals surface area contributed by atoms with E-state index >= 15 is 0 Å². The molecular weight excluding hydrogens is 320 g/mol. The molecule has 0 aliphatic carbocycles. The maximum absolute atomic E-state index is 12.0. The van der Waals surface area contributed by atoms with Crippen LogP contribution in [0.25, 0.3) is 0 Å². The molecule has 0 saturated heterocycles. The molecule has 2 aromatic rings. The van der Waals surface area contributed by atoms with Gasteiger partial charge in [-0.25, -0.2) is 0 Å². The Kier molecular flexibility index (Phi) is 7.72. The predicted molar refractivity (Wildman–Crippen MR) is 94.0 cm³/mol. The molecule has 1 aromatic carbocycles. The van der Waals surface area contributed by atoms with Gasteiger partial charge in [0.15, 0.2) is 0 Å². The summed E-state index contributed by atoms with van der Waals surface area (Å²) in [6.45, 7) is 3.33. The van der Waals surface area contributed by atoms with Crippen molar-refractivity contribution >= 4 is 11.8 Å². The molecule has 1 atom stereocenters. The molecule has 2 N–H and O–H groups in total. The first kappa shape index (κ1) is 18.7. The number of amides is 2. The second kappa shape index (κ2) is 10.3. The van der Waals surface area contributed by atoms with Crippen LogP contribution in [0.2, 0.25) is 0 Å². The first-order chi connectivity index (χ1) is 12.1. The van der Waals surface area contributed by atoms with Crippen molar-refractivity contribution in [3.63, 3.8) is 0 Å². The van der Waals surface area contributed by atoms with Crippen molar-refractivity contribution in [3.05, 3.63) is 60.1 Å². The number of nitrogens with one attached hydrogen (secondary N) is 2. The highest BCUT2D eigenvalue weighted by molar-refractivity contribution is 5.94. The minimum atomic E-state index is -0.233. The van der Waals surface area contributed by atoms with Crippen molar-refractivity contribution in [2.24, 2.45) is 0 Å². The maximum atomic E-state index is 12.0. The molecule has 2 amide bonds. The molecule has 134 valence electrons. The van der Waals surface area contributed by atoms with Gasteiger partial charge in [-0.2, -0.15) is 0 Å². The minimum Gasteiger partial charge on any atom is -0.467 e. The van der Waals surface area contributed by atoms with Crippen molar-refractivity contribution in [2.75, 3.05) is 13.2 Å². The van der Waals surface area contributed by atoms with E-state index in [0.29, 0.717) is 25.3 Å². The van der Waals surface area contributed by atoms with Gasteiger partial charge in [0.2, 0.25) is 5.91 Å². The molecule has 1 aromatic heterocycles. The molecule has 0 unspecified atom stereocenters. The summed E-state index contributed by atoms with van der Waals surface area (Å²) in [6, 6.07) is 12.4. The van der Waals surface area contributed by atoms with E-state index in [1.165, 1.54) is 0 Å². The van der Waals surface area contributed by atoms with Gasteiger partial charge in [0, 0.05) is 31.2 Å². The lowest BCUT2D eigenvalue weighted by Crippen LogP contribution is -2.37. The maximum Gasteiger partial charge on any atom is 0.251 e.